The highest BCUT2D eigenvalue weighted by atomic mass is 16.6. The van der Waals surface area contributed by atoms with E-state index < -0.39 is 5.97 Å². The Morgan fingerprint density at radius 3 is 2.94 bits per heavy atom. The van der Waals surface area contributed by atoms with Gasteiger partial charge in [-0.05, 0) is 17.7 Å². The van der Waals surface area contributed by atoms with Gasteiger partial charge in [0.1, 0.15) is 6.10 Å². The molecule has 2 unspecified atom stereocenters. The molecule has 1 saturated heterocycles. The molecule has 0 radical (unpaired) electrons. The average Bonchev–Trinajstić information content (AvgIpc) is 2.89. The van der Waals surface area contributed by atoms with Crippen molar-refractivity contribution < 1.29 is 14.7 Å². The molecule has 0 amide bonds. The zero-order valence-electron chi connectivity index (χ0n) is 9.69. The molecule has 6 heteroatoms. The van der Waals surface area contributed by atoms with Gasteiger partial charge >= 0.3 is 5.97 Å². The lowest BCUT2D eigenvalue weighted by atomic mass is 10.0. The average molecular weight is 247 g/mol. The summed E-state index contributed by atoms with van der Waals surface area (Å²) in [7, 11) is 0. The summed E-state index contributed by atoms with van der Waals surface area (Å²) in [6.07, 6.45) is 3.40. The second-order valence-electron chi connectivity index (χ2n) is 4.58. The molecule has 2 atom stereocenters. The van der Waals surface area contributed by atoms with Crippen molar-refractivity contribution in [1.29, 1.82) is 0 Å². The second-order valence-corrected chi connectivity index (χ2v) is 4.58. The van der Waals surface area contributed by atoms with Gasteiger partial charge < -0.3 is 9.94 Å². The number of nitrogens with zero attached hydrogens (tertiary/aromatic N) is 3. The molecule has 1 aromatic heterocycles. The van der Waals surface area contributed by atoms with Crippen LogP contribution >= 0.6 is 0 Å². The van der Waals surface area contributed by atoms with E-state index in [0.717, 1.165) is 6.54 Å². The third-order valence-electron chi connectivity index (χ3n) is 3.35. The fourth-order valence-electron chi connectivity index (χ4n) is 2.49. The van der Waals surface area contributed by atoms with Crippen molar-refractivity contribution in [2.75, 3.05) is 13.1 Å². The van der Waals surface area contributed by atoms with Gasteiger partial charge in [-0.25, -0.2) is 4.79 Å². The van der Waals surface area contributed by atoms with E-state index in [4.69, 9.17) is 9.94 Å². The van der Waals surface area contributed by atoms with Crippen LogP contribution in [0.4, 0.5) is 0 Å². The highest BCUT2D eigenvalue weighted by Gasteiger charge is 2.44. The molecule has 18 heavy (non-hydrogen) atoms. The molecule has 0 bridgehead atoms. The molecule has 2 aliphatic rings. The van der Waals surface area contributed by atoms with Gasteiger partial charge in [-0.3, -0.25) is 9.88 Å². The summed E-state index contributed by atoms with van der Waals surface area (Å²) < 4.78 is 0. The summed E-state index contributed by atoms with van der Waals surface area (Å²) in [5.74, 6) is -1.09. The minimum absolute atomic E-state index is 0.107. The van der Waals surface area contributed by atoms with Crippen LogP contribution in [-0.4, -0.2) is 45.9 Å². The summed E-state index contributed by atoms with van der Waals surface area (Å²) >= 11 is 0. The summed E-state index contributed by atoms with van der Waals surface area (Å²) in [6, 6.07) is 3.92. The second kappa shape index (κ2) is 4.38. The van der Waals surface area contributed by atoms with Crippen LogP contribution in [0.15, 0.2) is 29.7 Å². The van der Waals surface area contributed by atoms with Crippen molar-refractivity contribution in [3.8, 4) is 0 Å². The number of aliphatic carboxylic acids is 1. The summed E-state index contributed by atoms with van der Waals surface area (Å²) in [5.41, 5.74) is 1.32. The molecule has 2 aliphatic heterocycles. The van der Waals surface area contributed by atoms with E-state index in [0.29, 0.717) is 13.1 Å². The number of hydrogen-bond donors (Lipinski definition) is 1. The van der Waals surface area contributed by atoms with Gasteiger partial charge in [-0.1, -0.05) is 5.16 Å². The normalized spacial score (nSPS) is 26.6. The van der Waals surface area contributed by atoms with Crippen LogP contribution in [0.1, 0.15) is 5.56 Å². The number of aromatic nitrogens is 1. The maximum absolute atomic E-state index is 11.0. The number of hydrogen-bond acceptors (Lipinski definition) is 5. The van der Waals surface area contributed by atoms with Crippen LogP contribution < -0.4 is 0 Å². The van der Waals surface area contributed by atoms with Crippen LogP contribution in [0.3, 0.4) is 0 Å². The Morgan fingerprint density at radius 2 is 2.22 bits per heavy atom. The summed E-state index contributed by atoms with van der Waals surface area (Å²) in [4.78, 5) is 22.3. The van der Waals surface area contributed by atoms with E-state index in [9.17, 15) is 4.79 Å². The molecule has 0 aliphatic carbocycles. The summed E-state index contributed by atoms with van der Waals surface area (Å²) in [6.45, 7) is 2.18. The lowest BCUT2D eigenvalue weighted by molar-refractivity contribution is -0.129. The van der Waals surface area contributed by atoms with Crippen molar-refractivity contribution in [3.63, 3.8) is 0 Å². The first-order valence-corrected chi connectivity index (χ1v) is 5.82. The van der Waals surface area contributed by atoms with Crippen LogP contribution in [0, 0.1) is 5.92 Å². The van der Waals surface area contributed by atoms with Crippen LogP contribution in [0.5, 0.6) is 0 Å². The molecule has 1 fully saturated rings. The molecule has 1 aromatic rings. The van der Waals surface area contributed by atoms with Crippen LogP contribution in [0.2, 0.25) is 0 Å². The molecule has 0 saturated carbocycles. The van der Waals surface area contributed by atoms with E-state index in [-0.39, 0.29) is 17.7 Å². The van der Waals surface area contributed by atoms with Gasteiger partial charge in [0.2, 0.25) is 0 Å². The number of rotatable bonds is 3. The molecule has 3 heterocycles. The molecule has 0 spiro atoms. The molecule has 6 nitrogen and oxygen atoms in total. The predicted octanol–water partition coefficient (Wildman–Crippen LogP) is 0.353. The van der Waals surface area contributed by atoms with E-state index in [2.05, 4.69) is 15.0 Å². The number of carboxylic acid groups (broad SMARTS) is 1. The van der Waals surface area contributed by atoms with Gasteiger partial charge in [-0.15, -0.1) is 0 Å². The van der Waals surface area contributed by atoms with E-state index in [1.807, 2.05) is 12.1 Å². The van der Waals surface area contributed by atoms with Gasteiger partial charge in [0.25, 0.3) is 0 Å². The smallest absolute Gasteiger partial charge is 0.354 e. The third kappa shape index (κ3) is 1.95. The monoisotopic (exact) mass is 247 g/mol. The fraction of sp³-hybridized carbons (Fsp3) is 0.417. The molecule has 1 N–H and O–H groups in total. The number of pyridine rings is 1. The minimum atomic E-state index is -0.978. The number of carboxylic acids is 1. The van der Waals surface area contributed by atoms with Crippen molar-refractivity contribution in [2.45, 2.75) is 12.6 Å². The van der Waals surface area contributed by atoms with E-state index >= 15 is 0 Å². The van der Waals surface area contributed by atoms with Crippen molar-refractivity contribution in [2.24, 2.45) is 11.1 Å². The Labute approximate surface area is 104 Å². The zero-order valence-corrected chi connectivity index (χ0v) is 9.69. The van der Waals surface area contributed by atoms with Gasteiger partial charge in [0.05, 0.1) is 5.92 Å². The fourth-order valence-corrected chi connectivity index (χ4v) is 2.49. The van der Waals surface area contributed by atoms with Crippen LogP contribution in [0.25, 0.3) is 0 Å². The number of oxime groups is 1. The van der Waals surface area contributed by atoms with Crippen molar-refractivity contribution in [1.82, 2.24) is 9.88 Å². The van der Waals surface area contributed by atoms with Gasteiger partial charge in [0, 0.05) is 32.0 Å². The Bertz CT molecular complexity index is 489. The quantitative estimate of drug-likeness (QED) is 0.834. The molecular formula is C12H13N3O3. The predicted molar refractivity (Wildman–Crippen MR) is 62.9 cm³/mol. The van der Waals surface area contributed by atoms with Gasteiger partial charge in [-0.2, -0.15) is 0 Å². The van der Waals surface area contributed by atoms with E-state index in [1.54, 1.807) is 12.4 Å². The Balaban J connectivity index is 1.66. The molecule has 3 rings (SSSR count). The minimum Gasteiger partial charge on any atom is -0.477 e. The molecule has 94 valence electrons. The number of likely N-dealkylation sites (tertiary alicyclic amines) is 1. The lowest BCUT2D eigenvalue weighted by Crippen LogP contribution is -2.27. The van der Waals surface area contributed by atoms with Crippen molar-refractivity contribution >= 4 is 11.7 Å². The highest BCUT2D eigenvalue weighted by molar-refractivity contribution is 6.36. The number of fused-ring (bicyclic) bond motifs is 1. The first-order chi connectivity index (χ1) is 8.74. The maximum Gasteiger partial charge on any atom is 0.354 e. The van der Waals surface area contributed by atoms with Crippen molar-refractivity contribution in [3.05, 3.63) is 30.1 Å². The summed E-state index contributed by atoms with van der Waals surface area (Å²) in [5, 5.41) is 12.6. The van der Waals surface area contributed by atoms with E-state index in [1.165, 1.54) is 5.56 Å². The Kier molecular flexibility index (Phi) is 2.71. The first kappa shape index (κ1) is 11.2. The van der Waals surface area contributed by atoms with Gasteiger partial charge in [0.15, 0.2) is 5.71 Å². The lowest BCUT2D eigenvalue weighted by Gasteiger charge is -2.15. The SMILES string of the molecule is O=C(O)C1=NOC2CN(Cc3ccncc3)CC12. The zero-order chi connectivity index (χ0) is 12.5. The third-order valence-corrected chi connectivity index (χ3v) is 3.35. The number of carbonyl (C=O) groups is 1. The topological polar surface area (TPSA) is 75.0 Å². The largest absolute Gasteiger partial charge is 0.477 e. The standard InChI is InChI=1S/C12H13N3O3/c16-12(17)11-9-6-15(7-10(9)18-14-11)5-8-1-3-13-4-2-8/h1-4,9-10H,5-7H2,(H,16,17). The maximum atomic E-state index is 11.0. The Hall–Kier alpha value is -1.95. The highest BCUT2D eigenvalue weighted by Crippen LogP contribution is 2.28. The molecular weight excluding hydrogens is 234 g/mol. The molecule has 0 aromatic carbocycles. The first-order valence-electron chi connectivity index (χ1n) is 5.82. The van der Waals surface area contributed by atoms with Crippen LogP contribution in [-0.2, 0) is 16.2 Å². The Morgan fingerprint density at radius 1 is 1.44 bits per heavy atom.